The molecule has 0 amide bonds. The Morgan fingerprint density at radius 2 is 2.07 bits per heavy atom. The lowest BCUT2D eigenvalue weighted by atomic mass is 10.1. The molecular weight excluding hydrogens is 206 g/mol. The van der Waals surface area contributed by atoms with E-state index in [2.05, 4.69) is 25.2 Å². The molecule has 0 saturated heterocycles. The third-order valence-corrected chi connectivity index (χ3v) is 2.81. The summed E-state index contributed by atoms with van der Waals surface area (Å²) in [5.74, 6) is 0. The number of rotatable bonds is 6. The predicted molar refractivity (Wildman–Crippen MR) is 67.4 cm³/mol. The molecule has 0 radical (unpaired) electrons. The van der Waals surface area contributed by atoms with Crippen LogP contribution in [0.4, 0.5) is 0 Å². The fraction of sp³-hybridized carbons (Fsp3) is 0.538. The zero-order valence-corrected chi connectivity index (χ0v) is 10.4. The van der Waals surface area contributed by atoms with Crippen molar-refractivity contribution in [3.8, 4) is 0 Å². The minimum absolute atomic E-state index is 0.822. The van der Waals surface area contributed by atoms with Gasteiger partial charge in [0.15, 0.2) is 0 Å². The van der Waals surface area contributed by atoms with Crippen molar-refractivity contribution in [2.24, 2.45) is 0 Å². The highest BCUT2D eigenvalue weighted by atomic mass is 35.5. The van der Waals surface area contributed by atoms with Crippen molar-refractivity contribution in [2.75, 3.05) is 6.54 Å². The molecule has 84 valence electrons. The molecule has 1 N–H and O–H groups in total. The summed E-state index contributed by atoms with van der Waals surface area (Å²) in [5, 5.41) is 4.28. The minimum atomic E-state index is 0.822. The lowest BCUT2D eigenvalue weighted by Crippen LogP contribution is -2.15. The van der Waals surface area contributed by atoms with E-state index >= 15 is 0 Å². The summed E-state index contributed by atoms with van der Waals surface area (Å²) in [4.78, 5) is 0. The van der Waals surface area contributed by atoms with E-state index in [9.17, 15) is 0 Å². The molecule has 0 saturated carbocycles. The molecule has 0 spiro atoms. The highest BCUT2D eigenvalue weighted by molar-refractivity contribution is 6.30. The van der Waals surface area contributed by atoms with Crippen molar-refractivity contribution < 1.29 is 0 Å². The van der Waals surface area contributed by atoms with Crippen molar-refractivity contribution in [1.29, 1.82) is 0 Å². The molecule has 0 aromatic heterocycles. The van der Waals surface area contributed by atoms with Crippen molar-refractivity contribution in [3.63, 3.8) is 0 Å². The lowest BCUT2D eigenvalue weighted by Gasteiger charge is -2.07. The van der Waals surface area contributed by atoms with Gasteiger partial charge in [0.2, 0.25) is 0 Å². The van der Waals surface area contributed by atoms with Crippen LogP contribution < -0.4 is 5.32 Å². The first-order valence-corrected chi connectivity index (χ1v) is 6.07. The van der Waals surface area contributed by atoms with Gasteiger partial charge in [-0.1, -0.05) is 37.4 Å². The number of hydrogen-bond donors (Lipinski definition) is 1. The van der Waals surface area contributed by atoms with Gasteiger partial charge in [0, 0.05) is 11.6 Å². The smallest absolute Gasteiger partial charge is 0.0408 e. The highest BCUT2D eigenvalue weighted by Crippen LogP contribution is 2.14. The molecule has 0 aliphatic rings. The van der Waals surface area contributed by atoms with E-state index in [1.807, 2.05) is 12.1 Å². The Balaban J connectivity index is 2.31. The zero-order valence-electron chi connectivity index (χ0n) is 9.65. The van der Waals surface area contributed by atoms with Gasteiger partial charge in [-0.25, -0.2) is 0 Å². The second-order valence-electron chi connectivity index (χ2n) is 3.95. The molecule has 2 heteroatoms. The largest absolute Gasteiger partial charge is 0.313 e. The van der Waals surface area contributed by atoms with Gasteiger partial charge >= 0.3 is 0 Å². The Bertz CT molecular complexity index is 297. The summed E-state index contributed by atoms with van der Waals surface area (Å²) in [5.41, 5.74) is 2.61. The summed E-state index contributed by atoms with van der Waals surface area (Å²) < 4.78 is 0. The molecule has 1 nitrogen and oxygen atoms in total. The SMILES string of the molecule is CCCCCNCc1ccc(Cl)cc1C. The van der Waals surface area contributed by atoms with Crippen LogP contribution >= 0.6 is 11.6 Å². The molecule has 0 heterocycles. The van der Waals surface area contributed by atoms with Crippen LogP contribution in [0.5, 0.6) is 0 Å². The lowest BCUT2D eigenvalue weighted by molar-refractivity contribution is 0.615. The van der Waals surface area contributed by atoms with Gasteiger partial charge in [0.1, 0.15) is 0 Å². The molecule has 1 aromatic rings. The Labute approximate surface area is 97.8 Å². The van der Waals surface area contributed by atoms with Crippen molar-refractivity contribution in [2.45, 2.75) is 39.7 Å². The predicted octanol–water partition coefficient (Wildman–Crippen LogP) is 3.93. The van der Waals surface area contributed by atoms with Crippen LogP contribution in [0.2, 0.25) is 5.02 Å². The Morgan fingerprint density at radius 3 is 2.73 bits per heavy atom. The molecule has 1 rings (SSSR count). The van der Waals surface area contributed by atoms with E-state index in [-0.39, 0.29) is 0 Å². The first-order valence-electron chi connectivity index (χ1n) is 5.69. The summed E-state index contributed by atoms with van der Waals surface area (Å²) >= 11 is 5.90. The monoisotopic (exact) mass is 225 g/mol. The van der Waals surface area contributed by atoms with Gasteiger partial charge in [-0.05, 0) is 43.1 Å². The van der Waals surface area contributed by atoms with E-state index < -0.39 is 0 Å². The maximum absolute atomic E-state index is 5.90. The quantitative estimate of drug-likeness (QED) is 0.724. The number of halogens is 1. The fourth-order valence-corrected chi connectivity index (χ4v) is 1.81. The van der Waals surface area contributed by atoms with Crippen molar-refractivity contribution >= 4 is 11.6 Å². The zero-order chi connectivity index (χ0) is 11.1. The Kier molecular flexibility index (Phi) is 5.74. The standard InChI is InChI=1S/C13H20ClN/c1-3-4-5-8-15-10-12-6-7-13(14)9-11(12)2/h6-7,9,15H,3-5,8,10H2,1-2H3. The summed E-state index contributed by atoms with van der Waals surface area (Å²) in [6, 6.07) is 6.08. The van der Waals surface area contributed by atoms with Gasteiger partial charge in [-0.2, -0.15) is 0 Å². The Morgan fingerprint density at radius 1 is 1.27 bits per heavy atom. The molecule has 0 aliphatic carbocycles. The number of aryl methyl sites for hydroxylation is 1. The topological polar surface area (TPSA) is 12.0 Å². The van der Waals surface area contributed by atoms with Crippen LogP contribution in [0, 0.1) is 6.92 Å². The minimum Gasteiger partial charge on any atom is -0.313 e. The van der Waals surface area contributed by atoms with Crippen LogP contribution in [0.25, 0.3) is 0 Å². The highest BCUT2D eigenvalue weighted by Gasteiger charge is 1.98. The third-order valence-electron chi connectivity index (χ3n) is 2.58. The maximum atomic E-state index is 5.90. The van der Waals surface area contributed by atoms with Crippen LogP contribution in [0.1, 0.15) is 37.3 Å². The Hall–Kier alpha value is -0.530. The van der Waals surface area contributed by atoms with Crippen LogP contribution in [0.15, 0.2) is 18.2 Å². The molecule has 1 aromatic carbocycles. The molecular formula is C13H20ClN. The van der Waals surface area contributed by atoms with E-state index in [1.54, 1.807) is 0 Å². The summed E-state index contributed by atoms with van der Waals surface area (Å²) in [6.07, 6.45) is 3.86. The first-order chi connectivity index (χ1) is 7.24. The molecule has 15 heavy (non-hydrogen) atoms. The molecule has 0 aliphatic heterocycles. The van der Waals surface area contributed by atoms with Gasteiger partial charge in [0.05, 0.1) is 0 Å². The van der Waals surface area contributed by atoms with Gasteiger partial charge in [-0.15, -0.1) is 0 Å². The normalized spacial score (nSPS) is 10.6. The van der Waals surface area contributed by atoms with Crippen LogP contribution in [-0.2, 0) is 6.54 Å². The van der Waals surface area contributed by atoms with Gasteiger partial charge in [0.25, 0.3) is 0 Å². The van der Waals surface area contributed by atoms with Gasteiger partial charge in [-0.3, -0.25) is 0 Å². The van der Waals surface area contributed by atoms with E-state index in [0.717, 1.165) is 18.1 Å². The number of hydrogen-bond acceptors (Lipinski definition) is 1. The fourth-order valence-electron chi connectivity index (χ4n) is 1.58. The summed E-state index contributed by atoms with van der Waals surface area (Å²) in [6.45, 7) is 6.39. The van der Waals surface area contributed by atoms with Crippen molar-refractivity contribution in [1.82, 2.24) is 5.32 Å². The maximum Gasteiger partial charge on any atom is 0.0408 e. The second-order valence-corrected chi connectivity index (χ2v) is 4.39. The number of unbranched alkanes of at least 4 members (excludes halogenated alkanes) is 2. The second kappa shape index (κ2) is 6.86. The van der Waals surface area contributed by atoms with E-state index in [0.29, 0.717) is 0 Å². The van der Waals surface area contributed by atoms with E-state index in [1.165, 1.54) is 30.4 Å². The molecule has 0 unspecified atom stereocenters. The van der Waals surface area contributed by atoms with Crippen LogP contribution in [-0.4, -0.2) is 6.54 Å². The molecule has 0 atom stereocenters. The molecule has 0 fully saturated rings. The molecule has 0 bridgehead atoms. The average Bonchev–Trinajstić information content (AvgIpc) is 2.20. The van der Waals surface area contributed by atoms with Crippen molar-refractivity contribution in [3.05, 3.63) is 34.3 Å². The third kappa shape index (κ3) is 4.67. The van der Waals surface area contributed by atoms with E-state index in [4.69, 9.17) is 11.6 Å². The number of nitrogens with one attached hydrogen (secondary N) is 1. The first kappa shape index (κ1) is 12.5. The number of benzene rings is 1. The van der Waals surface area contributed by atoms with Gasteiger partial charge < -0.3 is 5.32 Å². The average molecular weight is 226 g/mol. The van der Waals surface area contributed by atoms with Crippen LogP contribution in [0.3, 0.4) is 0 Å². The summed E-state index contributed by atoms with van der Waals surface area (Å²) in [7, 11) is 0.